The van der Waals surface area contributed by atoms with Crippen LogP contribution in [0.1, 0.15) is 13.8 Å². The lowest BCUT2D eigenvalue weighted by atomic mass is 10.1. The van der Waals surface area contributed by atoms with Gasteiger partial charge >= 0.3 is 0 Å². The van der Waals surface area contributed by atoms with Crippen molar-refractivity contribution >= 4 is 33.2 Å². The molecule has 0 atom stereocenters. The number of hydrogen-bond donors (Lipinski definition) is 2. The van der Waals surface area contributed by atoms with E-state index < -0.39 is 0 Å². The third-order valence-electron chi connectivity index (χ3n) is 1.69. The zero-order valence-electron chi connectivity index (χ0n) is 8.27. The molecule has 0 saturated heterocycles. The summed E-state index contributed by atoms with van der Waals surface area (Å²) >= 11 is 9.36. The molecule has 78 valence electrons. The van der Waals surface area contributed by atoms with Crippen molar-refractivity contribution in [3.8, 4) is 0 Å². The summed E-state index contributed by atoms with van der Waals surface area (Å²) in [4.78, 5) is 0. The van der Waals surface area contributed by atoms with Crippen LogP contribution in [0.3, 0.4) is 0 Å². The molecule has 0 saturated carbocycles. The number of anilines is 1. The van der Waals surface area contributed by atoms with Crippen LogP contribution in [0.15, 0.2) is 22.7 Å². The molecule has 0 aliphatic rings. The van der Waals surface area contributed by atoms with Crippen LogP contribution in [0.2, 0.25) is 5.02 Å². The summed E-state index contributed by atoms with van der Waals surface area (Å²) < 4.78 is 0.880. The van der Waals surface area contributed by atoms with Crippen molar-refractivity contribution in [1.29, 1.82) is 0 Å². The van der Waals surface area contributed by atoms with Gasteiger partial charge in [-0.05, 0) is 41.9 Å². The maximum Gasteiger partial charge on any atom is 0.0593 e. The first kappa shape index (κ1) is 11.8. The first-order valence-corrected chi connectivity index (χ1v) is 5.54. The Kier molecular flexibility index (Phi) is 3.81. The largest absolute Gasteiger partial charge is 0.382 e. The van der Waals surface area contributed by atoms with Crippen LogP contribution in [-0.2, 0) is 0 Å². The summed E-state index contributed by atoms with van der Waals surface area (Å²) in [6.07, 6.45) is 0. The Morgan fingerprint density at radius 3 is 2.71 bits per heavy atom. The summed E-state index contributed by atoms with van der Waals surface area (Å²) in [5.74, 6) is 0. The van der Waals surface area contributed by atoms with Gasteiger partial charge in [0, 0.05) is 12.1 Å². The van der Waals surface area contributed by atoms with Gasteiger partial charge in [0.1, 0.15) is 0 Å². The molecule has 0 unspecified atom stereocenters. The molecule has 0 radical (unpaired) electrons. The minimum absolute atomic E-state index is 0.234. The predicted octanol–water partition coefficient (Wildman–Crippen LogP) is 3.25. The Bertz CT molecular complexity index is 320. The van der Waals surface area contributed by atoms with Crippen molar-refractivity contribution in [2.24, 2.45) is 5.73 Å². The molecule has 0 amide bonds. The smallest absolute Gasteiger partial charge is 0.0593 e. The molecule has 0 aliphatic heterocycles. The highest BCUT2D eigenvalue weighted by atomic mass is 79.9. The van der Waals surface area contributed by atoms with E-state index in [1.54, 1.807) is 0 Å². The first-order valence-electron chi connectivity index (χ1n) is 4.37. The summed E-state index contributed by atoms with van der Waals surface area (Å²) in [7, 11) is 0. The Labute approximate surface area is 98.0 Å². The number of benzene rings is 1. The molecule has 2 nitrogen and oxygen atoms in total. The Morgan fingerprint density at radius 1 is 1.50 bits per heavy atom. The van der Waals surface area contributed by atoms with E-state index in [4.69, 9.17) is 17.3 Å². The van der Waals surface area contributed by atoms with E-state index in [2.05, 4.69) is 21.2 Å². The Balaban J connectivity index is 2.73. The van der Waals surface area contributed by atoms with Crippen LogP contribution in [0.4, 0.5) is 5.69 Å². The van der Waals surface area contributed by atoms with Gasteiger partial charge in [-0.15, -0.1) is 0 Å². The Hall–Kier alpha value is -0.250. The molecule has 0 heterocycles. The fraction of sp³-hybridized carbons (Fsp3) is 0.400. The summed E-state index contributed by atoms with van der Waals surface area (Å²) in [5, 5.41) is 3.94. The van der Waals surface area contributed by atoms with E-state index in [0.717, 1.165) is 10.2 Å². The van der Waals surface area contributed by atoms with Crippen LogP contribution < -0.4 is 11.1 Å². The van der Waals surface area contributed by atoms with Gasteiger partial charge in [0.15, 0.2) is 0 Å². The second-order valence-electron chi connectivity index (χ2n) is 3.94. The average Bonchev–Trinajstić information content (AvgIpc) is 2.06. The topological polar surface area (TPSA) is 38.0 Å². The molecule has 0 fully saturated rings. The fourth-order valence-corrected chi connectivity index (χ4v) is 1.54. The van der Waals surface area contributed by atoms with Crippen molar-refractivity contribution in [1.82, 2.24) is 0 Å². The maximum atomic E-state index is 5.95. The molecular weight excluding hydrogens is 263 g/mol. The molecule has 1 aromatic rings. The zero-order chi connectivity index (χ0) is 10.8. The van der Waals surface area contributed by atoms with Crippen LogP contribution >= 0.6 is 27.5 Å². The van der Waals surface area contributed by atoms with E-state index in [9.17, 15) is 0 Å². The summed E-state index contributed by atoms with van der Waals surface area (Å²) in [6.45, 7) is 4.64. The molecule has 0 spiro atoms. The number of hydrogen-bond acceptors (Lipinski definition) is 2. The summed E-state index contributed by atoms with van der Waals surface area (Å²) in [5.41, 5.74) is 6.59. The van der Waals surface area contributed by atoms with Crippen LogP contribution in [0.25, 0.3) is 0 Å². The number of nitrogens with one attached hydrogen (secondary N) is 1. The fourth-order valence-electron chi connectivity index (χ4n) is 0.963. The molecule has 0 bridgehead atoms. The number of nitrogens with two attached hydrogens (primary N) is 1. The van der Waals surface area contributed by atoms with Crippen molar-refractivity contribution in [3.05, 3.63) is 27.7 Å². The molecule has 14 heavy (non-hydrogen) atoms. The number of halogens is 2. The quantitative estimate of drug-likeness (QED) is 0.890. The van der Waals surface area contributed by atoms with Crippen LogP contribution in [0, 0.1) is 0 Å². The highest BCUT2D eigenvalue weighted by molar-refractivity contribution is 9.10. The summed E-state index contributed by atoms with van der Waals surface area (Å²) in [6, 6.07) is 5.70. The lowest BCUT2D eigenvalue weighted by Gasteiger charge is -2.20. The molecule has 3 N–H and O–H groups in total. The average molecular weight is 278 g/mol. The SMILES string of the molecule is CC(C)(N)CNc1cccc(Cl)c1Br. The van der Waals surface area contributed by atoms with Crippen molar-refractivity contribution in [2.75, 3.05) is 11.9 Å². The lowest BCUT2D eigenvalue weighted by molar-refractivity contribution is 0.549. The van der Waals surface area contributed by atoms with Gasteiger partial charge in [0.2, 0.25) is 0 Å². The monoisotopic (exact) mass is 276 g/mol. The second kappa shape index (κ2) is 4.51. The normalized spacial score (nSPS) is 11.5. The molecule has 0 aliphatic carbocycles. The van der Waals surface area contributed by atoms with Crippen molar-refractivity contribution in [2.45, 2.75) is 19.4 Å². The van der Waals surface area contributed by atoms with E-state index in [-0.39, 0.29) is 5.54 Å². The molecule has 4 heteroatoms. The van der Waals surface area contributed by atoms with E-state index in [1.165, 1.54) is 0 Å². The first-order chi connectivity index (χ1) is 6.40. The third kappa shape index (κ3) is 3.48. The lowest BCUT2D eigenvalue weighted by Crippen LogP contribution is -2.39. The van der Waals surface area contributed by atoms with Crippen LogP contribution in [-0.4, -0.2) is 12.1 Å². The molecular formula is C10H14BrClN2. The van der Waals surface area contributed by atoms with Gasteiger partial charge in [-0.1, -0.05) is 17.7 Å². The maximum absolute atomic E-state index is 5.95. The molecule has 1 rings (SSSR count). The third-order valence-corrected chi connectivity index (χ3v) is 3.08. The van der Waals surface area contributed by atoms with E-state index in [0.29, 0.717) is 11.6 Å². The van der Waals surface area contributed by atoms with Gasteiger partial charge < -0.3 is 11.1 Å². The minimum Gasteiger partial charge on any atom is -0.382 e. The highest BCUT2D eigenvalue weighted by Crippen LogP contribution is 2.30. The minimum atomic E-state index is -0.234. The predicted molar refractivity (Wildman–Crippen MR) is 65.9 cm³/mol. The van der Waals surface area contributed by atoms with E-state index >= 15 is 0 Å². The van der Waals surface area contributed by atoms with Gasteiger partial charge in [-0.3, -0.25) is 0 Å². The van der Waals surface area contributed by atoms with Crippen molar-refractivity contribution < 1.29 is 0 Å². The molecule has 1 aromatic carbocycles. The van der Waals surface area contributed by atoms with Gasteiger partial charge in [-0.2, -0.15) is 0 Å². The van der Waals surface area contributed by atoms with Crippen LogP contribution in [0.5, 0.6) is 0 Å². The number of rotatable bonds is 3. The zero-order valence-corrected chi connectivity index (χ0v) is 10.6. The van der Waals surface area contributed by atoms with E-state index in [1.807, 2.05) is 32.0 Å². The van der Waals surface area contributed by atoms with Gasteiger partial charge in [-0.25, -0.2) is 0 Å². The van der Waals surface area contributed by atoms with Gasteiger partial charge in [0.25, 0.3) is 0 Å². The highest BCUT2D eigenvalue weighted by Gasteiger charge is 2.11. The van der Waals surface area contributed by atoms with Gasteiger partial charge in [0.05, 0.1) is 15.2 Å². The Morgan fingerprint density at radius 2 is 2.14 bits per heavy atom. The molecule has 0 aromatic heterocycles. The van der Waals surface area contributed by atoms with Crippen molar-refractivity contribution in [3.63, 3.8) is 0 Å². The standard InChI is InChI=1S/C10H14BrClN2/c1-10(2,13)6-14-8-5-3-4-7(12)9(8)11/h3-5,14H,6,13H2,1-2H3. The second-order valence-corrected chi connectivity index (χ2v) is 5.14.